The molecule has 0 heterocycles. The molecule has 1 amide bonds. The van der Waals surface area contributed by atoms with E-state index in [0.717, 1.165) is 10.8 Å². The van der Waals surface area contributed by atoms with Gasteiger partial charge < -0.3 is 16.2 Å². The van der Waals surface area contributed by atoms with Crippen molar-refractivity contribution in [3.63, 3.8) is 0 Å². The topological polar surface area (TPSA) is 75.3 Å². The Morgan fingerprint density at radius 2 is 1.68 bits per heavy atom. The van der Waals surface area contributed by atoms with Crippen LogP contribution in [-0.4, -0.2) is 11.0 Å². The fraction of sp³-hybridized carbons (Fsp3) is 0. The van der Waals surface area contributed by atoms with Crippen molar-refractivity contribution >= 4 is 40.5 Å². The van der Waals surface area contributed by atoms with Gasteiger partial charge in [0.05, 0.1) is 5.69 Å². The second-order valence-corrected chi connectivity index (χ2v) is 4.79. The number of halogens is 1. The average Bonchev–Trinajstić information content (AvgIpc) is 2.50. The molecule has 0 atom stereocenters. The Hall–Kier alpha value is -2.72. The Morgan fingerprint density at radius 1 is 0.955 bits per heavy atom. The number of carbonyl (C=O) groups is 1. The summed E-state index contributed by atoms with van der Waals surface area (Å²) < 4.78 is 0. The summed E-state index contributed by atoms with van der Waals surface area (Å²) in [6.07, 6.45) is 0. The molecule has 4 N–H and O–H groups in total. The molecule has 5 heteroatoms. The lowest BCUT2D eigenvalue weighted by molar-refractivity contribution is 0.102. The number of amides is 1. The van der Waals surface area contributed by atoms with Crippen LogP contribution in [0.2, 0.25) is 0 Å². The third kappa shape index (κ3) is 3.13. The van der Waals surface area contributed by atoms with Gasteiger partial charge in [0, 0.05) is 11.3 Å². The molecule has 3 aromatic rings. The van der Waals surface area contributed by atoms with E-state index in [1.807, 2.05) is 36.4 Å². The maximum absolute atomic E-state index is 12.3. The van der Waals surface area contributed by atoms with Gasteiger partial charge in [-0.25, -0.2) is 0 Å². The third-order valence-corrected chi connectivity index (χ3v) is 3.28. The SMILES string of the molecule is Cl.Nc1ccc(O)c(NC(=O)c2ccc3ccccc3c2)c1. The highest BCUT2D eigenvalue weighted by atomic mass is 35.5. The maximum Gasteiger partial charge on any atom is 0.255 e. The van der Waals surface area contributed by atoms with Crippen LogP contribution in [0.1, 0.15) is 10.4 Å². The summed E-state index contributed by atoms with van der Waals surface area (Å²) in [6.45, 7) is 0. The van der Waals surface area contributed by atoms with Crippen molar-refractivity contribution in [2.24, 2.45) is 0 Å². The van der Waals surface area contributed by atoms with Gasteiger partial charge in [-0.05, 0) is 41.1 Å². The highest BCUT2D eigenvalue weighted by molar-refractivity contribution is 6.07. The number of carbonyl (C=O) groups excluding carboxylic acids is 1. The maximum atomic E-state index is 12.3. The number of phenolic OH excluding ortho intramolecular Hbond substituents is 1. The largest absolute Gasteiger partial charge is 0.506 e. The Morgan fingerprint density at radius 3 is 2.45 bits per heavy atom. The van der Waals surface area contributed by atoms with Crippen molar-refractivity contribution in [1.82, 2.24) is 0 Å². The van der Waals surface area contributed by atoms with Crippen molar-refractivity contribution in [2.75, 3.05) is 11.1 Å². The molecule has 0 unspecified atom stereocenters. The number of rotatable bonds is 2. The van der Waals surface area contributed by atoms with Gasteiger partial charge in [-0.15, -0.1) is 12.4 Å². The van der Waals surface area contributed by atoms with Crippen LogP contribution < -0.4 is 11.1 Å². The van der Waals surface area contributed by atoms with Crippen LogP contribution in [0.25, 0.3) is 10.8 Å². The first-order valence-electron chi connectivity index (χ1n) is 6.52. The van der Waals surface area contributed by atoms with Crippen molar-refractivity contribution < 1.29 is 9.90 Å². The standard InChI is InChI=1S/C17H14N2O2.ClH/c18-14-7-8-16(20)15(10-14)19-17(21)13-6-5-11-3-1-2-4-12(11)9-13;/h1-10,20H,18H2,(H,19,21);1H. The number of nitrogens with two attached hydrogens (primary N) is 1. The van der Waals surface area contributed by atoms with E-state index in [2.05, 4.69) is 5.32 Å². The zero-order chi connectivity index (χ0) is 14.8. The smallest absolute Gasteiger partial charge is 0.255 e. The van der Waals surface area contributed by atoms with Gasteiger partial charge in [0.1, 0.15) is 5.75 Å². The second kappa shape index (κ2) is 6.37. The molecule has 0 spiro atoms. The Bertz CT molecular complexity index is 834. The molecule has 22 heavy (non-hydrogen) atoms. The summed E-state index contributed by atoms with van der Waals surface area (Å²) in [5.41, 5.74) is 6.95. The van der Waals surface area contributed by atoms with E-state index < -0.39 is 0 Å². The molecule has 0 fully saturated rings. The average molecular weight is 315 g/mol. The predicted octanol–water partition coefficient (Wildman–Crippen LogP) is 3.80. The number of benzene rings is 3. The van der Waals surface area contributed by atoms with Gasteiger partial charge in [0.2, 0.25) is 0 Å². The number of fused-ring (bicyclic) bond motifs is 1. The van der Waals surface area contributed by atoms with E-state index in [9.17, 15) is 9.90 Å². The molecule has 0 aromatic heterocycles. The van der Waals surface area contributed by atoms with Crippen LogP contribution in [0.3, 0.4) is 0 Å². The number of aromatic hydroxyl groups is 1. The summed E-state index contributed by atoms with van der Waals surface area (Å²) in [4.78, 5) is 12.3. The highest BCUT2D eigenvalue weighted by Gasteiger charge is 2.09. The Balaban J connectivity index is 0.00000176. The van der Waals surface area contributed by atoms with E-state index in [1.165, 1.54) is 12.1 Å². The number of anilines is 2. The molecule has 0 bridgehead atoms. The molecule has 3 rings (SSSR count). The monoisotopic (exact) mass is 314 g/mol. The summed E-state index contributed by atoms with van der Waals surface area (Å²) in [5, 5.41) is 14.5. The summed E-state index contributed by atoms with van der Waals surface area (Å²) in [7, 11) is 0. The Kier molecular flexibility index (Phi) is 4.53. The van der Waals surface area contributed by atoms with Gasteiger partial charge >= 0.3 is 0 Å². The van der Waals surface area contributed by atoms with E-state index in [4.69, 9.17) is 5.73 Å². The molecule has 112 valence electrons. The van der Waals surface area contributed by atoms with Crippen LogP contribution in [0.15, 0.2) is 60.7 Å². The fourth-order valence-electron chi connectivity index (χ4n) is 2.18. The first kappa shape index (κ1) is 15.7. The number of phenols is 1. The lowest BCUT2D eigenvalue weighted by Crippen LogP contribution is -2.12. The van der Waals surface area contributed by atoms with Crippen molar-refractivity contribution in [2.45, 2.75) is 0 Å². The van der Waals surface area contributed by atoms with E-state index in [0.29, 0.717) is 16.9 Å². The lowest BCUT2D eigenvalue weighted by atomic mass is 10.1. The molecular formula is C17H15ClN2O2. The zero-order valence-corrected chi connectivity index (χ0v) is 12.4. The summed E-state index contributed by atoms with van der Waals surface area (Å²) in [6, 6.07) is 17.8. The zero-order valence-electron chi connectivity index (χ0n) is 11.6. The van der Waals surface area contributed by atoms with Crippen LogP contribution in [0, 0.1) is 0 Å². The van der Waals surface area contributed by atoms with Crippen molar-refractivity contribution in [1.29, 1.82) is 0 Å². The number of nitrogens with one attached hydrogen (secondary N) is 1. The lowest BCUT2D eigenvalue weighted by Gasteiger charge is -2.09. The number of hydrogen-bond acceptors (Lipinski definition) is 3. The minimum atomic E-state index is -0.290. The quantitative estimate of drug-likeness (QED) is 0.382. The fourth-order valence-corrected chi connectivity index (χ4v) is 2.18. The third-order valence-electron chi connectivity index (χ3n) is 3.28. The van der Waals surface area contributed by atoms with Gasteiger partial charge in [-0.3, -0.25) is 4.79 Å². The van der Waals surface area contributed by atoms with Crippen LogP contribution in [-0.2, 0) is 0 Å². The van der Waals surface area contributed by atoms with Gasteiger partial charge in [0.25, 0.3) is 5.91 Å². The predicted molar refractivity (Wildman–Crippen MR) is 91.7 cm³/mol. The van der Waals surface area contributed by atoms with E-state index in [-0.39, 0.29) is 24.1 Å². The highest BCUT2D eigenvalue weighted by Crippen LogP contribution is 2.26. The minimum absolute atomic E-state index is 0. The summed E-state index contributed by atoms with van der Waals surface area (Å²) in [5.74, 6) is -0.306. The van der Waals surface area contributed by atoms with Gasteiger partial charge in [-0.2, -0.15) is 0 Å². The minimum Gasteiger partial charge on any atom is -0.506 e. The van der Waals surface area contributed by atoms with Crippen molar-refractivity contribution in [3.05, 3.63) is 66.2 Å². The molecule has 0 aliphatic heterocycles. The molecule has 0 aliphatic rings. The van der Waals surface area contributed by atoms with Crippen LogP contribution in [0.5, 0.6) is 5.75 Å². The van der Waals surface area contributed by atoms with Crippen LogP contribution >= 0.6 is 12.4 Å². The Labute approximate surface area is 134 Å². The van der Waals surface area contributed by atoms with Crippen molar-refractivity contribution in [3.8, 4) is 5.75 Å². The first-order valence-corrected chi connectivity index (χ1v) is 6.52. The molecule has 0 aliphatic carbocycles. The molecule has 3 aromatic carbocycles. The normalized spacial score (nSPS) is 10.0. The second-order valence-electron chi connectivity index (χ2n) is 4.79. The number of hydrogen-bond donors (Lipinski definition) is 3. The molecule has 0 saturated carbocycles. The molecular weight excluding hydrogens is 300 g/mol. The van der Waals surface area contributed by atoms with Gasteiger partial charge in [-0.1, -0.05) is 30.3 Å². The van der Waals surface area contributed by atoms with Crippen LogP contribution in [0.4, 0.5) is 11.4 Å². The van der Waals surface area contributed by atoms with Gasteiger partial charge in [0.15, 0.2) is 0 Å². The molecule has 0 radical (unpaired) electrons. The summed E-state index contributed by atoms with van der Waals surface area (Å²) >= 11 is 0. The number of nitrogen functional groups attached to an aromatic ring is 1. The van der Waals surface area contributed by atoms with E-state index in [1.54, 1.807) is 12.1 Å². The first-order chi connectivity index (χ1) is 10.1. The molecule has 0 saturated heterocycles. The van der Waals surface area contributed by atoms with E-state index >= 15 is 0 Å². The molecule has 4 nitrogen and oxygen atoms in total.